The van der Waals surface area contributed by atoms with Gasteiger partial charge in [0.1, 0.15) is 5.76 Å². The molecular formula is C16H25N3O2. The van der Waals surface area contributed by atoms with Crippen molar-refractivity contribution >= 4 is 5.91 Å². The maximum atomic E-state index is 11.8. The number of amides is 1. The molecule has 3 heterocycles. The molecule has 0 N–H and O–H groups in total. The van der Waals surface area contributed by atoms with Crippen LogP contribution in [0.4, 0.5) is 0 Å². The lowest BCUT2D eigenvalue weighted by atomic mass is 10.0. The van der Waals surface area contributed by atoms with E-state index in [2.05, 4.69) is 14.8 Å². The van der Waals surface area contributed by atoms with Crippen LogP contribution in [0.15, 0.2) is 4.42 Å². The molecule has 1 aromatic rings. The fourth-order valence-corrected chi connectivity index (χ4v) is 3.85. The van der Waals surface area contributed by atoms with Crippen molar-refractivity contribution in [3.8, 4) is 0 Å². The minimum Gasteiger partial charge on any atom is -0.444 e. The van der Waals surface area contributed by atoms with Gasteiger partial charge in [-0.25, -0.2) is 4.98 Å². The average Bonchev–Trinajstić information content (AvgIpc) is 3.10. The molecule has 2 saturated heterocycles. The Morgan fingerprint density at radius 2 is 1.95 bits per heavy atom. The molecule has 0 saturated carbocycles. The van der Waals surface area contributed by atoms with E-state index in [0.29, 0.717) is 12.1 Å². The van der Waals surface area contributed by atoms with E-state index >= 15 is 0 Å². The van der Waals surface area contributed by atoms with Crippen LogP contribution in [-0.2, 0) is 11.3 Å². The first kappa shape index (κ1) is 14.6. The maximum absolute atomic E-state index is 11.8. The summed E-state index contributed by atoms with van der Waals surface area (Å²) in [6, 6.07) is 0.839. The molecule has 0 aromatic carbocycles. The summed E-state index contributed by atoms with van der Waals surface area (Å²) in [4.78, 5) is 20.8. The highest BCUT2D eigenvalue weighted by Crippen LogP contribution is 2.31. The Bertz CT molecular complexity index is 506. The number of rotatable bonds is 3. The zero-order valence-electron chi connectivity index (χ0n) is 13.3. The molecule has 0 radical (unpaired) electrons. The van der Waals surface area contributed by atoms with Crippen molar-refractivity contribution in [1.29, 1.82) is 0 Å². The molecule has 2 atom stereocenters. The van der Waals surface area contributed by atoms with E-state index in [4.69, 9.17) is 4.42 Å². The molecule has 5 nitrogen and oxygen atoms in total. The molecule has 2 fully saturated rings. The number of hydrogen-bond acceptors (Lipinski definition) is 4. The van der Waals surface area contributed by atoms with Crippen molar-refractivity contribution in [3.63, 3.8) is 0 Å². The minimum absolute atomic E-state index is 0.215. The maximum Gasteiger partial charge on any atom is 0.219 e. The molecule has 0 bridgehead atoms. The van der Waals surface area contributed by atoms with Gasteiger partial charge in [0.05, 0.1) is 12.2 Å². The zero-order valence-corrected chi connectivity index (χ0v) is 13.3. The van der Waals surface area contributed by atoms with Crippen molar-refractivity contribution in [2.45, 2.75) is 65.1 Å². The lowest BCUT2D eigenvalue weighted by Crippen LogP contribution is -2.47. The fraction of sp³-hybridized carbons (Fsp3) is 0.750. The van der Waals surface area contributed by atoms with Crippen molar-refractivity contribution in [2.75, 3.05) is 13.1 Å². The van der Waals surface area contributed by atoms with E-state index in [1.54, 1.807) is 6.92 Å². The number of aryl methyl sites for hydroxylation is 2. The summed E-state index contributed by atoms with van der Waals surface area (Å²) in [7, 11) is 0. The third kappa shape index (κ3) is 2.84. The van der Waals surface area contributed by atoms with Crippen molar-refractivity contribution in [3.05, 3.63) is 17.3 Å². The van der Waals surface area contributed by atoms with Crippen LogP contribution in [0.1, 0.15) is 50.0 Å². The van der Waals surface area contributed by atoms with Gasteiger partial charge in [0, 0.05) is 25.6 Å². The van der Waals surface area contributed by atoms with Gasteiger partial charge in [0.25, 0.3) is 0 Å². The number of hydrogen-bond donors (Lipinski definition) is 0. The second-order valence-electron chi connectivity index (χ2n) is 6.35. The summed E-state index contributed by atoms with van der Waals surface area (Å²) in [5.74, 6) is 1.93. The molecule has 1 aromatic heterocycles. The first-order valence-corrected chi connectivity index (χ1v) is 8.00. The molecule has 2 unspecified atom stereocenters. The predicted molar refractivity (Wildman–Crippen MR) is 79.8 cm³/mol. The van der Waals surface area contributed by atoms with E-state index < -0.39 is 0 Å². The quantitative estimate of drug-likeness (QED) is 0.857. The summed E-state index contributed by atoms with van der Waals surface area (Å²) >= 11 is 0. The van der Waals surface area contributed by atoms with Crippen LogP contribution in [0.25, 0.3) is 0 Å². The van der Waals surface area contributed by atoms with Crippen LogP contribution >= 0.6 is 0 Å². The first-order valence-electron chi connectivity index (χ1n) is 8.00. The van der Waals surface area contributed by atoms with Gasteiger partial charge in [-0.2, -0.15) is 0 Å². The van der Waals surface area contributed by atoms with E-state index in [1.807, 2.05) is 13.8 Å². The summed E-state index contributed by atoms with van der Waals surface area (Å²) in [5.41, 5.74) is 0.979. The number of carbonyl (C=O) groups excluding carboxylic acids is 1. The van der Waals surface area contributed by atoms with Gasteiger partial charge in [0.15, 0.2) is 0 Å². The van der Waals surface area contributed by atoms with Crippen LogP contribution < -0.4 is 0 Å². The lowest BCUT2D eigenvalue weighted by molar-refractivity contribution is -0.130. The Kier molecular flexibility index (Phi) is 4.02. The van der Waals surface area contributed by atoms with E-state index in [1.165, 1.54) is 12.8 Å². The Morgan fingerprint density at radius 1 is 1.24 bits per heavy atom. The highest BCUT2D eigenvalue weighted by atomic mass is 16.4. The number of aromatic nitrogens is 1. The molecule has 2 aliphatic rings. The minimum atomic E-state index is 0.215. The second-order valence-corrected chi connectivity index (χ2v) is 6.35. The largest absolute Gasteiger partial charge is 0.444 e. The van der Waals surface area contributed by atoms with Crippen LogP contribution in [0.5, 0.6) is 0 Å². The van der Waals surface area contributed by atoms with Crippen molar-refractivity contribution in [2.24, 2.45) is 0 Å². The standard InChI is InChI=1S/C16H25N3O2/c1-11-12(2)21-16(17-11)10-18-8-4-6-14(18)15-7-5-9-19(15)13(3)20/h14-15H,4-10H2,1-3H3. The average molecular weight is 291 g/mol. The van der Waals surface area contributed by atoms with Gasteiger partial charge in [-0.1, -0.05) is 0 Å². The number of carbonyl (C=O) groups is 1. The fourth-order valence-electron chi connectivity index (χ4n) is 3.85. The summed E-state index contributed by atoms with van der Waals surface area (Å²) in [6.07, 6.45) is 4.63. The van der Waals surface area contributed by atoms with Gasteiger partial charge >= 0.3 is 0 Å². The molecule has 116 valence electrons. The summed E-state index contributed by atoms with van der Waals surface area (Å²) in [6.45, 7) is 8.40. The zero-order chi connectivity index (χ0) is 15.0. The highest BCUT2D eigenvalue weighted by molar-refractivity contribution is 5.74. The van der Waals surface area contributed by atoms with Gasteiger partial charge in [-0.3, -0.25) is 9.69 Å². The monoisotopic (exact) mass is 291 g/mol. The second kappa shape index (κ2) is 5.79. The Labute approximate surface area is 126 Å². The van der Waals surface area contributed by atoms with Crippen LogP contribution in [0.2, 0.25) is 0 Å². The molecule has 5 heteroatoms. The van der Waals surface area contributed by atoms with E-state index in [-0.39, 0.29) is 5.91 Å². The topological polar surface area (TPSA) is 49.6 Å². The smallest absolute Gasteiger partial charge is 0.219 e. The molecule has 2 aliphatic heterocycles. The van der Waals surface area contributed by atoms with Crippen LogP contribution in [-0.4, -0.2) is 45.9 Å². The SMILES string of the molecule is CC(=O)N1CCCC1C1CCCN1Cc1nc(C)c(C)o1. The van der Waals surface area contributed by atoms with E-state index in [9.17, 15) is 4.79 Å². The number of nitrogens with zero attached hydrogens (tertiary/aromatic N) is 3. The first-order chi connectivity index (χ1) is 10.1. The van der Waals surface area contributed by atoms with Gasteiger partial charge in [0.2, 0.25) is 11.8 Å². The number of likely N-dealkylation sites (tertiary alicyclic amines) is 2. The third-order valence-corrected chi connectivity index (χ3v) is 4.97. The summed E-state index contributed by atoms with van der Waals surface area (Å²) < 4.78 is 5.73. The normalized spacial score (nSPS) is 26.7. The van der Waals surface area contributed by atoms with Crippen molar-refractivity contribution in [1.82, 2.24) is 14.8 Å². The van der Waals surface area contributed by atoms with E-state index in [0.717, 1.165) is 49.8 Å². The Hall–Kier alpha value is -1.36. The van der Waals surface area contributed by atoms with Gasteiger partial charge in [-0.05, 0) is 46.1 Å². The Balaban J connectivity index is 1.71. The highest BCUT2D eigenvalue weighted by Gasteiger charge is 2.39. The lowest BCUT2D eigenvalue weighted by Gasteiger charge is -2.34. The van der Waals surface area contributed by atoms with Crippen LogP contribution in [0, 0.1) is 13.8 Å². The van der Waals surface area contributed by atoms with Crippen molar-refractivity contribution < 1.29 is 9.21 Å². The third-order valence-electron chi connectivity index (χ3n) is 4.97. The molecule has 0 aliphatic carbocycles. The van der Waals surface area contributed by atoms with Gasteiger partial charge in [-0.15, -0.1) is 0 Å². The molecule has 3 rings (SSSR count). The number of oxazole rings is 1. The predicted octanol–water partition coefficient (Wildman–Crippen LogP) is 2.27. The summed E-state index contributed by atoms with van der Waals surface area (Å²) in [5, 5.41) is 0. The molecule has 0 spiro atoms. The van der Waals surface area contributed by atoms with Gasteiger partial charge < -0.3 is 9.32 Å². The molecule has 21 heavy (non-hydrogen) atoms. The Morgan fingerprint density at radius 3 is 2.62 bits per heavy atom. The van der Waals surface area contributed by atoms with Crippen LogP contribution in [0.3, 0.4) is 0 Å². The molecular weight excluding hydrogens is 266 g/mol. The molecule has 1 amide bonds.